The molecule has 5 nitrogen and oxygen atoms in total. The molecule has 0 radical (unpaired) electrons. The average molecular weight is 231 g/mol. The number of methoxy groups -OCH3 is 1. The van der Waals surface area contributed by atoms with Gasteiger partial charge in [0.25, 0.3) is 5.91 Å². The van der Waals surface area contributed by atoms with Gasteiger partial charge in [0, 0.05) is 11.3 Å². The summed E-state index contributed by atoms with van der Waals surface area (Å²) in [6.45, 7) is 1.85. The number of nitrogens with two attached hydrogens (primary N) is 1. The van der Waals surface area contributed by atoms with Crippen LogP contribution in [0.5, 0.6) is 5.75 Å². The molecule has 0 aliphatic rings. The van der Waals surface area contributed by atoms with Crippen LogP contribution in [0, 0.1) is 6.92 Å². The number of carbonyl (C=O) groups excluding carboxylic acids is 1. The van der Waals surface area contributed by atoms with Crippen molar-refractivity contribution in [3.8, 4) is 17.0 Å². The monoisotopic (exact) mass is 231 g/mol. The van der Waals surface area contributed by atoms with Crippen LogP contribution in [0.3, 0.4) is 0 Å². The van der Waals surface area contributed by atoms with Crippen molar-refractivity contribution in [2.45, 2.75) is 6.92 Å². The molecule has 0 atom stereocenters. The molecule has 2 aromatic rings. The molecule has 0 saturated heterocycles. The van der Waals surface area contributed by atoms with Crippen molar-refractivity contribution in [1.82, 2.24) is 9.97 Å². The average Bonchev–Trinajstić information content (AvgIpc) is 2.72. The van der Waals surface area contributed by atoms with Crippen molar-refractivity contribution in [3.05, 3.63) is 35.8 Å². The molecular weight excluding hydrogens is 218 g/mol. The Bertz CT molecular complexity index is 543. The van der Waals surface area contributed by atoms with Gasteiger partial charge in [0.2, 0.25) is 0 Å². The standard InChI is InChI=1S/C12H13N3O2/c1-7-10(15-12(14-7)11(13)16)8-3-5-9(17-2)6-4-8/h3-6H,1-2H3,(H2,13,16)(H,14,15). The summed E-state index contributed by atoms with van der Waals surface area (Å²) in [5.41, 5.74) is 7.61. The fourth-order valence-corrected chi connectivity index (χ4v) is 1.61. The van der Waals surface area contributed by atoms with Gasteiger partial charge in [-0.15, -0.1) is 0 Å². The summed E-state index contributed by atoms with van der Waals surface area (Å²) >= 11 is 0. The molecule has 88 valence electrons. The lowest BCUT2D eigenvalue weighted by molar-refractivity contribution is 0.0991. The fraction of sp³-hybridized carbons (Fsp3) is 0.167. The fourth-order valence-electron chi connectivity index (χ4n) is 1.61. The van der Waals surface area contributed by atoms with Crippen LogP contribution in [0.25, 0.3) is 11.3 Å². The number of hydrogen-bond donors (Lipinski definition) is 2. The Kier molecular flexibility index (Phi) is 2.82. The van der Waals surface area contributed by atoms with Crippen molar-refractivity contribution in [2.75, 3.05) is 7.11 Å². The van der Waals surface area contributed by atoms with Gasteiger partial charge in [0.1, 0.15) is 5.75 Å². The van der Waals surface area contributed by atoms with Gasteiger partial charge < -0.3 is 15.5 Å². The van der Waals surface area contributed by atoms with Crippen LogP contribution < -0.4 is 10.5 Å². The number of nitrogens with zero attached hydrogens (tertiary/aromatic N) is 1. The highest BCUT2D eigenvalue weighted by Crippen LogP contribution is 2.23. The van der Waals surface area contributed by atoms with Gasteiger partial charge >= 0.3 is 0 Å². The molecule has 0 spiro atoms. The van der Waals surface area contributed by atoms with Crippen molar-refractivity contribution in [1.29, 1.82) is 0 Å². The van der Waals surface area contributed by atoms with Crippen molar-refractivity contribution >= 4 is 5.91 Å². The number of nitrogens with one attached hydrogen (secondary N) is 1. The van der Waals surface area contributed by atoms with E-state index in [0.717, 1.165) is 22.7 Å². The first-order valence-electron chi connectivity index (χ1n) is 5.12. The molecule has 3 N–H and O–H groups in total. The Morgan fingerprint density at radius 1 is 1.35 bits per heavy atom. The maximum atomic E-state index is 11.0. The van der Waals surface area contributed by atoms with Crippen LogP contribution in [-0.4, -0.2) is 23.0 Å². The Morgan fingerprint density at radius 3 is 2.47 bits per heavy atom. The lowest BCUT2D eigenvalue weighted by atomic mass is 10.1. The second-order valence-corrected chi connectivity index (χ2v) is 3.65. The molecular formula is C12H13N3O2. The van der Waals surface area contributed by atoms with Crippen LogP contribution in [0.15, 0.2) is 24.3 Å². The number of H-pyrrole nitrogens is 1. The lowest BCUT2D eigenvalue weighted by Crippen LogP contribution is -2.12. The third-order valence-corrected chi connectivity index (χ3v) is 2.48. The van der Waals surface area contributed by atoms with E-state index >= 15 is 0 Å². The molecule has 0 aliphatic carbocycles. The van der Waals surface area contributed by atoms with Crippen LogP contribution in [0.4, 0.5) is 0 Å². The first kappa shape index (κ1) is 11.2. The Labute approximate surface area is 98.6 Å². The van der Waals surface area contributed by atoms with Crippen LogP contribution >= 0.6 is 0 Å². The van der Waals surface area contributed by atoms with Gasteiger partial charge in [-0.2, -0.15) is 0 Å². The van der Waals surface area contributed by atoms with Gasteiger partial charge in [-0.05, 0) is 31.2 Å². The zero-order valence-electron chi connectivity index (χ0n) is 9.65. The van der Waals surface area contributed by atoms with Crippen LogP contribution in [0.1, 0.15) is 16.3 Å². The second-order valence-electron chi connectivity index (χ2n) is 3.65. The number of amides is 1. The third-order valence-electron chi connectivity index (χ3n) is 2.48. The molecule has 1 heterocycles. The van der Waals surface area contributed by atoms with E-state index in [1.807, 2.05) is 31.2 Å². The van der Waals surface area contributed by atoms with E-state index in [1.54, 1.807) is 7.11 Å². The summed E-state index contributed by atoms with van der Waals surface area (Å²) in [5, 5.41) is 0. The normalized spacial score (nSPS) is 10.2. The Morgan fingerprint density at radius 2 is 2.00 bits per heavy atom. The summed E-state index contributed by atoms with van der Waals surface area (Å²) < 4.78 is 5.08. The van der Waals surface area contributed by atoms with Gasteiger partial charge in [-0.25, -0.2) is 4.98 Å². The molecule has 5 heteroatoms. The number of aromatic amines is 1. The minimum Gasteiger partial charge on any atom is -0.497 e. The molecule has 17 heavy (non-hydrogen) atoms. The smallest absolute Gasteiger partial charge is 0.284 e. The number of aromatic nitrogens is 2. The summed E-state index contributed by atoms with van der Waals surface area (Å²) in [6, 6.07) is 7.44. The quantitative estimate of drug-likeness (QED) is 0.839. The summed E-state index contributed by atoms with van der Waals surface area (Å²) in [7, 11) is 1.61. The molecule has 1 amide bonds. The number of aryl methyl sites for hydroxylation is 1. The van der Waals surface area contributed by atoms with E-state index in [2.05, 4.69) is 9.97 Å². The highest BCUT2D eigenvalue weighted by molar-refractivity contribution is 5.90. The van der Waals surface area contributed by atoms with Gasteiger partial charge in [0.05, 0.1) is 12.8 Å². The number of benzene rings is 1. The molecule has 0 bridgehead atoms. The van der Waals surface area contributed by atoms with Crippen molar-refractivity contribution < 1.29 is 9.53 Å². The molecule has 1 aromatic heterocycles. The number of imidazole rings is 1. The predicted octanol–water partition coefficient (Wildman–Crippen LogP) is 1.49. The SMILES string of the molecule is COc1ccc(-c2nc(C(N)=O)[nH]c2C)cc1. The predicted molar refractivity (Wildman–Crippen MR) is 63.8 cm³/mol. The zero-order valence-corrected chi connectivity index (χ0v) is 9.65. The van der Waals surface area contributed by atoms with Gasteiger partial charge in [-0.1, -0.05) is 0 Å². The molecule has 0 saturated carbocycles. The lowest BCUT2D eigenvalue weighted by Gasteiger charge is -2.01. The largest absolute Gasteiger partial charge is 0.497 e. The van der Waals surface area contributed by atoms with Crippen molar-refractivity contribution in [3.63, 3.8) is 0 Å². The van der Waals surface area contributed by atoms with Crippen molar-refractivity contribution in [2.24, 2.45) is 5.73 Å². The third kappa shape index (κ3) is 2.13. The maximum Gasteiger partial charge on any atom is 0.284 e. The molecule has 2 rings (SSSR count). The topological polar surface area (TPSA) is 81.0 Å². The van der Waals surface area contributed by atoms with E-state index in [0.29, 0.717) is 0 Å². The summed E-state index contributed by atoms with van der Waals surface area (Å²) in [6.07, 6.45) is 0. The maximum absolute atomic E-state index is 11.0. The Hall–Kier alpha value is -2.30. The van der Waals surface area contributed by atoms with E-state index in [1.165, 1.54) is 0 Å². The van der Waals surface area contributed by atoms with Gasteiger partial charge in [-0.3, -0.25) is 4.79 Å². The van der Waals surface area contributed by atoms with E-state index in [4.69, 9.17) is 10.5 Å². The minimum atomic E-state index is -0.562. The number of primary amides is 1. The molecule has 0 fully saturated rings. The van der Waals surface area contributed by atoms with Gasteiger partial charge in [0.15, 0.2) is 5.82 Å². The zero-order chi connectivity index (χ0) is 12.4. The number of rotatable bonds is 3. The molecule has 0 aliphatic heterocycles. The van der Waals surface area contributed by atoms with E-state index in [-0.39, 0.29) is 5.82 Å². The van der Waals surface area contributed by atoms with E-state index in [9.17, 15) is 4.79 Å². The van der Waals surface area contributed by atoms with Crippen LogP contribution in [0.2, 0.25) is 0 Å². The molecule has 1 aromatic carbocycles. The molecule has 0 unspecified atom stereocenters. The first-order valence-corrected chi connectivity index (χ1v) is 5.12. The summed E-state index contributed by atoms with van der Waals surface area (Å²) in [4.78, 5) is 18.0. The number of ether oxygens (including phenoxy) is 1. The second kappa shape index (κ2) is 4.29. The number of carbonyl (C=O) groups is 1. The first-order chi connectivity index (χ1) is 8.11. The Balaban J connectivity index is 2.41. The number of hydrogen-bond acceptors (Lipinski definition) is 3. The summed E-state index contributed by atoms with van der Waals surface area (Å²) in [5.74, 6) is 0.387. The van der Waals surface area contributed by atoms with E-state index < -0.39 is 5.91 Å². The van der Waals surface area contributed by atoms with Crippen LogP contribution in [-0.2, 0) is 0 Å². The minimum absolute atomic E-state index is 0.174. The highest BCUT2D eigenvalue weighted by Gasteiger charge is 2.12. The highest BCUT2D eigenvalue weighted by atomic mass is 16.5.